The van der Waals surface area contributed by atoms with E-state index in [1.54, 1.807) is 0 Å². The summed E-state index contributed by atoms with van der Waals surface area (Å²) < 4.78 is 5.38. The standard InChI is InChI=1S/C17H24N6O/c1-12-4-3-5-19-14(12)10-13(2)20-15-11-16(22-17(18)21-15)23-6-8-24-9-7-23/h3-5,11,13H,6-10H2,1-2H3,(H3,18,20,21,22). The summed E-state index contributed by atoms with van der Waals surface area (Å²) in [6.45, 7) is 7.25. The van der Waals surface area contributed by atoms with Crippen molar-refractivity contribution in [3.8, 4) is 0 Å². The summed E-state index contributed by atoms with van der Waals surface area (Å²) in [5, 5.41) is 3.41. The summed E-state index contributed by atoms with van der Waals surface area (Å²) in [6, 6.07) is 6.17. The highest BCUT2D eigenvalue weighted by atomic mass is 16.5. The largest absolute Gasteiger partial charge is 0.378 e. The Morgan fingerprint density at radius 1 is 1.33 bits per heavy atom. The predicted octanol–water partition coefficient (Wildman–Crippen LogP) is 1.64. The van der Waals surface area contributed by atoms with Crippen molar-refractivity contribution in [1.29, 1.82) is 0 Å². The van der Waals surface area contributed by atoms with Gasteiger partial charge in [-0.1, -0.05) is 6.07 Å². The van der Waals surface area contributed by atoms with Crippen LogP contribution >= 0.6 is 0 Å². The van der Waals surface area contributed by atoms with E-state index < -0.39 is 0 Å². The third-order valence-corrected chi connectivity index (χ3v) is 4.08. The van der Waals surface area contributed by atoms with Crippen LogP contribution in [0.4, 0.5) is 17.6 Å². The Kier molecular flexibility index (Phi) is 5.10. The normalized spacial score (nSPS) is 16.0. The highest BCUT2D eigenvalue weighted by Crippen LogP contribution is 2.19. The molecule has 7 heteroatoms. The Balaban J connectivity index is 1.70. The van der Waals surface area contributed by atoms with E-state index in [4.69, 9.17) is 10.5 Å². The molecule has 0 aromatic carbocycles. The number of rotatable bonds is 5. The Morgan fingerprint density at radius 3 is 2.88 bits per heavy atom. The van der Waals surface area contributed by atoms with Crippen LogP contribution in [0.25, 0.3) is 0 Å². The maximum Gasteiger partial charge on any atom is 0.223 e. The van der Waals surface area contributed by atoms with Crippen LogP contribution in [-0.4, -0.2) is 47.3 Å². The summed E-state index contributed by atoms with van der Waals surface area (Å²) in [6.07, 6.45) is 2.65. The van der Waals surface area contributed by atoms with E-state index in [2.05, 4.69) is 45.1 Å². The minimum absolute atomic E-state index is 0.186. The van der Waals surface area contributed by atoms with Crippen molar-refractivity contribution < 1.29 is 4.74 Å². The van der Waals surface area contributed by atoms with Crippen molar-refractivity contribution in [2.75, 3.05) is 42.3 Å². The van der Waals surface area contributed by atoms with E-state index in [0.717, 1.165) is 36.8 Å². The molecule has 2 aromatic rings. The predicted molar refractivity (Wildman–Crippen MR) is 95.2 cm³/mol. The molecule has 128 valence electrons. The van der Waals surface area contributed by atoms with Gasteiger partial charge in [0, 0.05) is 43.5 Å². The van der Waals surface area contributed by atoms with Gasteiger partial charge in [0.2, 0.25) is 5.95 Å². The number of aryl methyl sites for hydroxylation is 1. The molecule has 2 aromatic heterocycles. The topological polar surface area (TPSA) is 89.2 Å². The SMILES string of the molecule is Cc1cccnc1CC(C)Nc1cc(N2CCOCC2)nc(N)n1. The van der Waals surface area contributed by atoms with Gasteiger partial charge in [-0.25, -0.2) is 0 Å². The first-order valence-corrected chi connectivity index (χ1v) is 8.26. The van der Waals surface area contributed by atoms with Gasteiger partial charge >= 0.3 is 0 Å². The summed E-state index contributed by atoms with van der Waals surface area (Å²) in [5.74, 6) is 1.86. The quantitative estimate of drug-likeness (QED) is 0.862. The molecule has 3 rings (SSSR count). The third kappa shape index (κ3) is 4.11. The second-order valence-corrected chi connectivity index (χ2v) is 6.09. The number of aromatic nitrogens is 3. The van der Waals surface area contributed by atoms with Gasteiger partial charge in [0.15, 0.2) is 0 Å². The van der Waals surface area contributed by atoms with E-state index in [1.807, 2.05) is 18.3 Å². The van der Waals surface area contributed by atoms with Crippen LogP contribution < -0.4 is 16.0 Å². The van der Waals surface area contributed by atoms with Crippen molar-refractivity contribution in [2.24, 2.45) is 0 Å². The fourth-order valence-electron chi connectivity index (χ4n) is 2.81. The van der Waals surface area contributed by atoms with Crippen LogP contribution in [0.5, 0.6) is 0 Å². The number of anilines is 3. The Labute approximate surface area is 142 Å². The number of hydrogen-bond donors (Lipinski definition) is 2. The molecule has 1 fully saturated rings. The maximum atomic E-state index is 5.89. The lowest BCUT2D eigenvalue weighted by Crippen LogP contribution is -2.37. The van der Waals surface area contributed by atoms with Gasteiger partial charge in [0.05, 0.1) is 13.2 Å². The van der Waals surface area contributed by atoms with Gasteiger partial charge in [-0.05, 0) is 25.5 Å². The number of morpholine rings is 1. The summed E-state index contributed by atoms with van der Waals surface area (Å²) in [5.41, 5.74) is 8.17. The first-order chi connectivity index (χ1) is 11.6. The van der Waals surface area contributed by atoms with Crippen LogP contribution in [0.15, 0.2) is 24.4 Å². The molecule has 3 N–H and O–H groups in total. The average molecular weight is 328 g/mol. The molecule has 1 unspecified atom stereocenters. The molecule has 7 nitrogen and oxygen atoms in total. The third-order valence-electron chi connectivity index (χ3n) is 4.08. The van der Waals surface area contributed by atoms with E-state index in [1.165, 1.54) is 5.56 Å². The van der Waals surface area contributed by atoms with Gasteiger partial charge < -0.3 is 20.7 Å². The highest BCUT2D eigenvalue weighted by Gasteiger charge is 2.15. The fourth-order valence-corrected chi connectivity index (χ4v) is 2.81. The average Bonchev–Trinajstić information content (AvgIpc) is 2.57. The van der Waals surface area contributed by atoms with E-state index in [0.29, 0.717) is 13.2 Å². The monoisotopic (exact) mass is 328 g/mol. The second kappa shape index (κ2) is 7.44. The Hall–Kier alpha value is -2.41. The van der Waals surface area contributed by atoms with Crippen molar-refractivity contribution in [1.82, 2.24) is 15.0 Å². The number of nitrogens with zero attached hydrogens (tertiary/aromatic N) is 4. The van der Waals surface area contributed by atoms with Gasteiger partial charge in [-0.15, -0.1) is 0 Å². The molecule has 1 aliphatic rings. The van der Waals surface area contributed by atoms with E-state index in [9.17, 15) is 0 Å². The van der Waals surface area contributed by atoms with Crippen molar-refractivity contribution in [3.63, 3.8) is 0 Å². The van der Waals surface area contributed by atoms with Gasteiger partial charge in [0.1, 0.15) is 11.6 Å². The van der Waals surface area contributed by atoms with Gasteiger partial charge in [-0.3, -0.25) is 4.98 Å². The first kappa shape index (κ1) is 16.4. The molecule has 0 spiro atoms. The number of nitrogens with one attached hydrogen (secondary N) is 1. The van der Waals surface area contributed by atoms with E-state index in [-0.39, 0.29) is 12.0 Å². The number of nitrogens with two attached hydrogens (primary N) is 1. The Morgan fingerprint density at radius 2 is 2.12 bits per heavy atom. The lowest BCUT2D eigenvalue weighted by molar-refractivity contribution is 0.122. The molecule has 3 heterocycles. The smallest absolute Gasteiger partial charge is 0.223 e. The van der Waals surface area contributed by atoms with Gasteiger partial charge in [-0.2, -0.15) is 9.97 Å². The molecule has 0 amide bonds. The number of ether oxygens (including phenoxy) is 1. The van der Waals surface area contributed by atoms with Crippen LogP contribution in [-0.2, 0) is 11.2 Å². The van der Waals surface area contributed by atoms with Crippen molar-refractivity contribution in [2.45, 2.75) is 26.3 Å². The molecule has 24 heavy (non-hydrogen) atoms. The lowest BCUT2D eigenvalue weighted by atomic mass is 10.1. The van der Waals surface area contributed by atoms with Gasteiger partial charge in [0.25, 0.3) is 0 Å². The molecular weight excluding hydrogens is 304 g/mol. The summed E-state index contributed by atoms with van der Waals surface area (Å²) >= 11 is 0. The minimum Gasteiger partial charge on any atom is -0.378 e. The highest BCUT2D eigenvalue weighted by molar-refractivity contribution is 5.53. The van der Waals surface area contributed by atoms with Crippen LogP contribution in [0, 0.1) is 6.92 Å². The van der Waals surface area contributed by atoms with Crippen LogP contribution in [0.1, 0.15) is 18.2 Å². The lowest BCUT2D eigenvalue weighted by Gasteiger charge is -2.28. The molecule has 0 radical (unpaired) electrons. The molecular formula is C17H24N6O. The van der Waals surface area contributed by atoms with Crippen molar-refractivity contribution >= 4 is 17.6 Å². The zero-order chi connectivity index (χ0) is 16.9. The summed E-state index contributed by atoms with van der Waals surface area (Å²) in [7, 11) is 0. The van der Waals surface area contributed by atoms with E-state index >= 15 is 0 Å². The van der Waals surface area contributed by atoms with Crippen LogP contribution in [0.3, 0.4) is 0 Å². The number of nitrogen functional groups attached to an aromatic ring is 1. The zero-order valence-electron chi connectivity index (χ0n) is 14.2. The maximum absolute atomic E-state index is 5.89. The fraction of sp³-hybridized carbons (Fsp3) is 0.471. The minimum atomic E-state index is 0.186. The molecule has 0 bridgehead atoms. The molecule has 1 saturated heterocycles. The number of hydrogen-bond acceptors (Lipinski definition) is 7. The zero-order valence-corrected chi connectivity index (χ0v) is 14.2. The molecule has 0 aliphatic carbocycles. The Bertz CT molecular complexity index is 687. The second-order valence-electron chi connectivity index (χ2n) is 6.09. The molecule has 1 atom stereocenters. The number of pyridine rings is 1. The summed E-state index contributed by atoms with van der Waals surface area (Å²) in [4.78, 5) is 15.3. The first-order valence-electron chi connectivity index (χ1n) is 8.26. The molecule has 0 saturated carbocycles. The van der Waals surface area contributed by atoms with Crippen LogP contribution in [0.2, 0.25) is 0 Å². The molecule has 1 aliphatic heterocycles. The van der Waals surface area contributed by atoms with Crippen molar-refractivity contribution in [3.05, 3.63) is 35.7 Å².